The average Bonchev–Trinajstić information content (AvgIpc) is 3.04. The molecule has 1 aliphatic carbocycles. The van der Waals surface area contributed by atoms with Crippen molar-refractivity contribution in [2.24, 2.45) is 5.41 Å². The van der Waals surface area contributed by atoms with Gasteiger partial charge < -0.3 is 14.8 Å². The van der Waals surface area contributed by atoms with Crippen molar-refractivity contribution in [1.82, 2.24) is 0 Å². The van der Waals surface area contributed by atoms with Gasteiger partial charge in [0, 0.05) is 12.1 Å². The molecule has 0 spiro atoms. The SMILES string of the molecule is CC(C)OC(=O)c1ccc(NC(=O)COC(=O)[C@]2(C)CC2(Cl)Cl)cc1. The lowest BCUT2D eigenvalue weighted by Gasteiger charge is -2.12. The normalized spacial score (nSPS) is 20.7. The fourth-order valence-electron chi connectivity index (χ4n) is 2.08. The van der Waals surface area contributed by atoms with Crippen molar-refractivity contribution >= 4 is 46.7 Å². The third-order valence-corrected chi connectivity index (χ3v) is 4.89. The second-order valence-electron chi connectivity index (χ2n) is 6.37. The molecule has 1 aromatic rings. The molecular formula is C17H19Cl2NO5. The number of carbonyl (C=O) groups is 3. The molecule has 1 amide bonds. The van der Waals surface area contributed by atoms with Gasteiger partial charge in [-0.05, 0) is 45.0 Å². The summed E-state index contributed by atoms with van der Waals surface area (Å²) in [5.74, 6) is -1.56. The molecule has 1 aromatic carbocycles. The number of anilines is 1. The molecule has 0 radical (unpaired) electrons. The van der Waals surface area contributed by atoms with Gasteiger partial charge >= 0.3 is 11.9 Å². The van der Waals surface area contributed by atoms with E-state index in [0.29, 0.717) is 11.3 Å². The first kappa shape index (κ1) is 19.5. The summed E-state index contributed by atoms with van der Waals surface area (Å²) in [6.45, 7) is 4.65. The van der Waals surface area contributed by atoms with Crippen molar-refractivity contribution in [2.75, 3.05) is 11.9 Å². The van der Waals surface area contributed by atoms with Gasteiger partial charge in [0.25, 0.3) is 5.91 Å². The van der Waals surface area contributed by atoms with Crippen LogP contribution in [0.15, 0.2) is 24.3 Å². The van der Waals surface area contributed by atoms with Gasteiger partial charge in [-0.2, -0.15) is 0 Å². The molecule has 0 heterocycles. The van der Waals surface area contributed by atoms with Crippen LogP contribution in [0, 0.1) is 5.41 Å². The number of carbonyl (C=O) groups excluding carboxylic acids is 3. The highest BCUT2D eigenvalue weighted by Crippen LogP contribution is 2.64. The van der Waals surface area contributed by atoms with E-state index in [1.54, 1.807) is 32.9 Å². The molecule has 0 unspecified atom stereocenters. The quantitative estimate of drug-likeness (QED) is 0.597. The third-order valence-electron chi connectivity index (χ3n) is 3.79. The van der Waals surface area contributed by atoms with E-state index in [1.165, 1.54) is 12.1 Å². The highest BCUT2D eigenvalue weighted by molar-refractivity contribution is 6.53. The second-order valence-corrected chi connectivity index (χ2v) is 7.85. The molecule has 1 saturated carbocycles. The van der Waals surface area contributed by atoms with Gasteiger partial charge in [0.2, 0.25) is 0 Å². The van der Waals surface area contributed by atoms with Crippen LogP contribution in [-0.2, 0) is 19.1 Å². The molecule has 0 saturated heterocycles. The number of amides is 1. The van der Waals surface area contributed by atoms with Crippen LogP contribution < -0.4 is 5.32 Å². The lowest BCUT2D eigenvalue weighted by Crippen LogP contribution is -2.26. The average molecular weight is 388 g/mol. The lowest BCUT2D eigenvalue weighted by atomic mass is 10.1. The number of halogens is 2. The van der Waals surface area contributed by atoms with Crippen LogP contribution in [0.1, 0.15) is 37.6 Å². The van der Waals surface area contributed by atoms with Crippen LogP contribution in [0.2, 0.25) is 0 Å². The number of ether oxygens (including phenoxy) is 2. The molecular weight excluding hydrogens is 369 g/mol. The highest BCUT2D eigenvalue weighted by atomic mass is 35.5. The first-order chi connectivity index (χ1) is 11.5. The molecule has 6 nitrogen and oxygen atoms in total. The Morgan fingerprint density at radius 1 is 1.20 bits per heavy atom. The highest BCUT2D eigenvalue weighted by Gasteiger charge is 2.69. The number of hydrogen-bond donors (Lipinski definition) is 1. The third kappa shape index (κ3) is 4.64. The fourth-order valence-corrected chi connectivity index (χ4v) is 2.77. The molecule has 136 valence electrons. The van der Waals surface area contributed by atoms with E-state index in [9.17, 15) is 14.4 Å². The predicted octanol–water partition coefficient (Wildman–Crippen LogP) is 3.32. The number of rotatable bonds is 6. The first-order valence-electron chi connectivity index (χ1n) is 7.71. The molecule has 2 rings (SSSR count). The number of hydrogen-bond acceptors (Lipinski definition) is 5. The van der Waals surface area contributed by atoms with Gasteiger partial charge in [-0.3, -0.25) is 9.59 Å². The summed E-state index contributed by atoms with van der Waals surface area (Å²) < 4.78 is 8.88. The van der Waals surface area contributed by atoms with Crippen LogP contribution in [0.4, 0.5) is 5.69 Å². The van der Waals surface area contributed by atoms with Crippen molar-refractivity contribution in [3.8, 4) is 0 Å². The molecule has 0 aromatic heterocycles. The standard InChI is InChI=1S/C17H19Cl2NO5/c1-10(2)25-14(22)11-4-6-12(7-5-11)20-13(21)8-24-15(23)16(3)9-17(16,18)19/h4-7,10H,8-9H2,1-3H3,(H,20,21)/t16-/m0/s1. The summed E-state index contributed by atoms with van der Waals surface area (Å²) >= 11 is 11.8. The molecule has 1 N–H and O–H groups in total. The zero-order chi connectivity index (χ0) is 18.8. The molecule has 8 heteroatoms. The van der Waals surface area contributed by atoms with Gasteiger partial charge in [0.1, 0.15) is 9.75 Å². The Balaban J connectivity index is 1.83. The van der Waals surface area contributed by atoms with Gasteiger partial charge in [0.15, 0.2) is 6.61 Å². The van der Waals surface area contributed by atoms with E-state index < -0.39 is 34.2 Å². The van der Waals surface area contributed by atoms with Crippen molar-refractivity contribution in [3.63, 3.8) is 0 Å². The lowest BCUT2D eigenvalue weighted by molar-refractivity contribution is -0.152. The summed E-state index contributed by atoms with van der Waals surface area (Å²) in [5.41, 5.74) is -0.140. The minimum Gasteiger partial charge on any atom is -0.459 e. The van der Waals surface area contributed by atoms with Gasteiger partial charge in [-0.1, -0.05) is 0 Å². The maximum Gasteiger partial charge on any atom is 0.338 e. The fraction of sp³-hybridized carbons (Fsp3) is 0.471. The molecule has 1 atom stereocenters. The Kier molecular flexibility index (Phi) is 5.64. The molecule has 25 heavy (non-hydrogen) atoms. The second kappa shape index (κ2) is 7.22. The van der Waals surface area contributed by atoms with E-state index >= 15 is 0 Å². The largest absolute Gasteiger partial charge is 0.459 e. The molecule has 1 aliphatic rings. The zero-order valence-corrected chi connectivity index (χ0v) is 15.6. The Morgan fingerprint density at radius 3 is 2.24 bits per heavy atom. The Hall–Kier alpha value is -1.79. The number of nitrogens with one attached hydrogen (secondary N) is 1. The predicted molar refractivity (Wildman–Crippen MR) is 93.7 cm³/mol. The van der Waals surface area contributed by atoms with Gasteiger partial charge in [0.05, 0.1) is 11.7 Å². The molecule has 0 aliphatic heterocycles. The maximum atomic E-state index is 11.9. The number of benzene rings is 1. The Labute approximate surface area is 155 Å². The first-order valence-corrected chi connectivity index (χ1v) is 8.47. The Morgan fingerprint density at radius 2 is 1.76 bits per heavy atom. The Bertz CT molecular complexity index is 687. The van der Waals surface area contributed by atoms with E-state index in [0.717, 1.165) is 0 Å². The number of esters is 2. The van der Waals surface area contributed by atoms with Crippen LogP contribution in [-0.4, -0.2) is 34.9 Å². The summed E-state index contributed by atoms with van der Waals surface area (Å²) in [6.07, 6.45) is 0.0759. The van der Waals surface area contributed by atoms with Crippen molar-refractivity contribution < 1.29 is 23.9 Å². The minimum atomic E-state index is -1.14. The van der Waals surface area contributed by atoms with Crippen molar-refractivity contribution in [3.05, 3.63) is 29.8 Å². The van der Waals surface area contributed by atoms with Crippen molar-refractivity contribution in [1.29, 1.82) is 0 Å². The zero-order valence-electron chi connectivity index (χ0n) is 14.1. The van der Waals surface area contributed by atoms with Gasteiger partial charge in [-0.15, -0.1) is 23.2 Å². The smallest absolute Gasteiger partial charge is 0.338 e. The van der Waals surface area contributed by atoms with Crippen LogP contribution >= 0.6 is 23.2 Å². The molecule has 0 bridgehead atoms. The van der Waals surface area contributed by atoms with Crippen LogP contribution in [0.25, 0.3) is 0 Å². The summed E-state index contributed by atoms with van der Waals surface area (Å²) in [7, 11) is 0. The number of alkyl halides is 2. The van der Waals surface area contributed by atoms with Crippen LogP contribution in [0.3, 0.4) is 0 Å². The van der Waals surface area contributed by atoms with E-state index in [2.05, 4.69) is 5.32 Å². The molecule has 1 fully saturated rings. The summed E-state index contributed by atoms with van der Waals surface area (Å²) in [4.78, 5) is 35.5. The van der Waals surface area contributed by atoms with E-state index in [-0.39, 0.29) is 12.5 Å². The summed E-state index contributed by atoms with van der Waals surface area (Å²) in [6, 6.07) is 6.18. The summed E-state index contributed by atoms with van der Waals surface area (Å²) in [5, 5.41) is 2.56. The van der Waals surface area contributed by atoms with E-state index in [1.807, 2.05) is 0 Å². The van der Waals surface area contributed by atoms with Crippen molar-refractivity contribution in [2.45, 2.75) is 37.6 Å². The maximum absolute atomic E-state index is 11.9. The van der Waals surface area contributed by atoms with E-state index in [4.69, 9.17) is 32.7 Å². The van der Waals surface area contributed by atoms with Gasteiger partial charge in [-0.25, -0.2) is 4.79 Å². The van der Waals surface area contributed by atoms with Crippen LogP contribution in [0.5, 0.6) is 0 Å². The topological polar surface area (TPSA) is 81.7 Å². The minimum absolute atomic E-state index is 0.213. The monoisotopic (exact) mass is 387 g/mol.